The van der Waals surface area contributed by atoms with Crippen LogP contribution in [0.25, 0.3) is 0 Å². The van der Waals surface area contributed by atoms with Crippen LogP contribution in [0.5, 0.6) is 0 Å². The lowest BCUT2D eigenvalue weighted by atomic mass is 9.88. The molecule has 6 nitrogen and oxygen atoms in total. The molecule has 0 bridgehead atoms. The number of hydrogen-bond acceptors (Lipinski definition) is 5. The summed E-state index contributed by atoms with van der Waals surface area (Å²) in [4.78, 5) is 15.5. The number of nitrogens with one attached hydrogen (secondary N) is 2. The van der Waals surface area contributed by atoms with Crippen molar-refractivity contribution in [2.24, 2.45) is 10.9 Å². The van der Waals surface area contributed by atoms with Crippen LogP contribution >= 0.6 is 35.3 Å². The zero-order chi connectivity index (χ0) is 21.5. The Balaban J connectivity index is 0.00000289. The Labute approximate surface area is 213 Å². The van der Waals surface area contributed by atoms with Crippen LogP contribution in [-0.4, -0.2) is 67.1 Å². The lowest BCUT2D eigenvalue weighted by molar-refractivity contribution is 0.125. The van der Waals surface area contributed by atoms with Crippen LogP contribution in [0.4, 0.5) is 0 Å². The smallest absolute Gasteiger partial charge is 0.191 e. The van der Waals surface area contributed by atoms with Gasteiger partial charge in [0.1, 0.15) is 0 Å². The van der Waals surface area contributed by atoms with E-state index in [-0.39, 0.29) is 24.0 Å². The number of guanidine groups is 1. The Morgan fingerprint density at radius 3 is 2.69 bits per heavy atom. The summed E-state index contributed by atoms with van der Waals surface area (Å²) in [6, 6.07) is 11.6. The number of piperidine rings is 2. The fourth-order valence-electron chi connectivity index (χ4n) is 4.95. The summed E-state index contributed by atoms with van der Waals surface area (Å²) in [6.07, 6.45) is 6.69. The van der Waals surface area contributed by atoms with Crippen LogP contribution in [-0.2, 0) is 6.54 Å². The van der Waals surface area contributed by atoms with Crippen molar-refractivity contribution in [2.75, 3.05) is 40.3 Å². The van der Waals surface area contributed by atoms with Crippen molar-refractivity contribution in [1.82, 2.24) is 25.4 Å². The molecule has 32 heavy (non-hydrogen) atoms. The van der Waals surface area contributed by atoms with E-state index in [9.17, 15) is 0 Å². The summed E-state index contributed by atoms with van der Waals surface area (Å²) in [5.41, 5.74) is 1.16. The molecule has 0 aromatic carbocycles. The van der Waals surface area contributed by atoms with Crippen LogP contribution in [0.15, 0.2) is 46.9 Å². The van der Waals surface area contributed by atoms with E-state index in [1.807, 2.05) is 30.6 Å². The Bertz CT molecular complexity index is 807. The highest BCUT2D eigenvalue weighted by Crippen LogP contribution is 2.36. The first-order valence-corrected chi connectivity index (χ1v) is 12.4. The number of nitrogens with zero attached hydrogens (tertiary/aromatic N) is 4. The molecule has 2 atom stereocenters. The van der Waals surface area contributed by atoms with Crippen molar-refractivity contribution in [2.45, 2.75) is 44.3 Å². The molecule has 2 aromatic rings. The Kier molecular flexibility index (Phi) is 10.2. The first-order chi connectivity index (χ1) is 15.2. The molecule has 2 N–H and O–H groups in total. The van der Waals surface area contributed by atoms with Gasteiger partial charge in [-0.05, 0) is 68.8 Å². The van der Waals surface area contributed by atoms with Crippen LogP contribution < -0.4 is 10.6 Å². The Morgan fingerprint density at radius 1 is 1.16 bits per heavy atom. The number of hydrogen-bond donors (Lipinski definition) is 2. The van der Waals surface area contributed by atoms with E-state index in [4.69, 9.17) is 0 Å². The maximum Gasteiger partial charge on any atom is 0.191 e. The first kappa shape index (κ1) is 25.4. The number of rotatable bonds is 6. The van der Waals surface area contributed by atoms with Gasteiger partial charge in [0.15, 0.2) is 5.96 Å². The largest absolute Gasteiger partial charge is 0.356 e. The fourth-order valence-corrected chi connectivity index (χ4v) is 5.94. The van der Waals surface area contributed by atoms with Crippen molar-refractivity contribution < 1.29 is 0 Å². The third kappa shape index (κ3) is 6.88. The highest BCUT2D eigenvalue weighted by molar-refractivity contribution is 14.0. The zero-order valence-corrected chi connectivity index (χ0v) is 22.4. The van der Waals surface area contributed by atoms with Crippen molar-refractivity contribution >= 4 is 41.3 Å². The lowest BCUT2D eigenvalue weighted by Crippen LogP contribution is -2.50. The zero-order valence-electron chi connectivity index (χ0n) is 19.2. The molecule has 0 saturated carbocycles. The first-order valence-electron chi connectivity index (χ1n) is 11.6. The van der Waals surface area contributed by atoms with Crippen molar-refractivity contribution in [1.29, 1.82) is 0 Å². The Morgan fingerprint density at radius 2 is 2.00 bits per heavy atom. The number of thiophene rings is 1. The Hall–Kier alpha value is -1.23. The molecule has 2 fully saturated rings. The van der Waals surface area contributed by atoms with Crippen LogP contribution in [0.1, 0.15) is 42.3 Å². The molecular weight excluding hydrogens is 531 g/mol. The summed E-state index contributed by atoms with van der Waals surface area (Å²) in [5, 5.41) is 9.52. The number of pyridine rings is 1. The lowest BCUT2D eigenvalue weighted by Gasteiger charge is -2.39. The summed E-state index contributed by atoms with van der Waals surface area (Å²) >= 11 is 1.88. The molecule has 0 amide bonds. The molecule has 2 aliphatic rings. The van der Waals surface area contributed by atoms with E-state index in [1.54, 1.807) is 0 Å². The average Bonchev–Trinajstić information content (AvgIpc) is 3.33. The van der Waals surface area contributed by atoms with E-state index in [0.29, 0.717) is 18.0 Å². The third-order valence-corrected chi connectivity index (χ3v) is 7.58. The topological polar surface area (TPSA) is 55.8 Å². The van der Waals surface area contributed by atoms with Gasteiger partial charge in [0.25, 0.3) is 0 Å². The molecule has 0 radical (unpaired) electrons. The molecule has 4 rings (SSSR count). The quantitative estimate of drug-likeness (QED) is 0.314. The van der Waals surface area contributed by atoms with E-state index in [2.05, 4.69) is 67.1 Å². The molecule has 176 valence electrons. The van der Waals surface area contributed by atoms with E-state index in [0.717, 1.165) is 50.7 Å². The van der Waals surface area contributed by atoms with E-state index < -0.39 is 0 Å². The SMILES string of the molecule is CN=C(NCC1CCCN(C)C1c1cccs1)NC1CCN(Cc2ccccn2)CC1.I. The fraction of sp³-hybridized carbons (Fsp3) is 0.583. The summed E-state index contributed by atoms with van der Waals surface area (Å²) in [5.74, 6) is 1.55. The summed E-state index contributed by atoms with van der Waals surface area (Å²) in [6.45, 7) is 5.28. The molecular formula is C24H37IN6S. The highest BCUT2D eigenvalue weighted by atomic mass is 127. The number of halogens is 1. The number of aliphatic imine (C=N–C) groups is 1. The van der Waals surface area contributed by atoms with Crippen LogP contribution in [0.3, 0.4) is 0 Å². The van der Waals surface area contributed by atoms with Gasteiger partial charge >= 0.3 is 0 Å². The van der Waals surface area contributed by atoms with Gasteiger partial charge in [-0.2, -0.15) is 0 Å². The van der Waals surface area contributed by atoms with E-state index >= 15 is 0 Å². The third-order valence-electron chi connectivity index (χ3n) is 6.64. The monoisotopic (exact) mass is 568 g/mol. The minimum Gasteiger partial charge on any atom is -0.356 e. The molecule has 2 aromatic heterocycles. The van der Waals surface area contributed by atoms with Gasteiger partial charge in [-0.25, -0.2) is 0 Å². The molecule has 2 unspecified atom stereocenters. The highest BCUT2D eigenvalue weighted by Gasteiger charge is 2.31. The molecule has 2 saturated heterocycles. The number of likely N-dealkylation sites (tertiary alicyclic amines) is 2. The predicted octanol–water partition coefficient (Wildman–Crippen LogP) is 3.97. The average molecular weight is 569 g/mol. The van der Waals surface area contributed by atoms with Crippen molar-refractivity contribution in [3.8, 4) is 0 Å². The van der Waals surface area contributed by atoms with Gasteiger partial charge in [0.2, 0.25) is 0 Å². The van der Waals surface area contributed by atoms with Crippen LogP contribution in [0.2, 0.25) is 0 Å². The van der Waals surface area contributed by atoms with Crippen molar-refractivity contribution in [3.63, 3.8) is 0 Å². The minimum atomic E-state index is 0. The molecule has 2 aliphatic heterocycles. The van der Waals surface area contributed by atoms with Gasteiger partial charge in [-0.15, -0.1) is 35.3 Å². The second-order valence-corrected chi connectivity index (χ2v) is 9.79. The van der Waals surface area contributed by atoms with Gasteiger partial charge in [0.05, 0.1) is 5.69 Å². The molecule has 4 heterocycles. The van der Waals surface area contributed by atoms with Crippen molar-refractivity contribution in [3.05, 3.63) is 52.5 Å². The molecule has 0 aliphatic carbocycles. The molecule has 0 spiro atoms. The molecule has 8 heteroatoms. The van der Waals surface area contributed by atoms with Gasteiger partial charge in [-0.1, -0.05) is 12.1 Å². The summed E-state index contributed by atoms with van der Waals surface area (Å²) in [7, 11) is 4.15. The normalized spacial score (nSPS) is 23.5. The van der Waals surface area contributed by atoms with Gasteiger partial charge in [-0.3, -0.25) is 19.8 Å². The second kappa shape index (κ2) is 12.9. The minimum absolute atomic E-state index is 0. The standard InChI is InChI=1S/C24H36N6S.HI/c1-25-24(27-17-19-7-5-13-29(2)23(19)22-9-6-16-31-22)28-20-10-14-30(15-11-20)18-21-8-3-4-12-26-21;/h3-4,6,8-9,12,16,19-20,23H,5,7,10-11,13-15,17-18H2,1-2H3,(H2,25,27,28);1H. The van der Waals surface area contributed by atoms with Crippen LogP contribution in [0, 0.1) is 5.92 Å². The predicted molar refractivity (Wildman–Crippen MR) is 145 cm³/mol. The van der Waals surface area contributed by atoms with Gasteiger partial charge in [0, 0.05) is 56.4 Å². The van der Waals surface area contributed by atoms with E-state index in [1.165, 1.54) is 24.3 Å². The van der Waals surface area contributed by atoms with Gasteiger partial charge < -0.3 is 10.6 Å². The second-order valence-electron chi connectivity index (χ2n) is 8.81. The maximum absolute atomic E-state index is 4.52. The summed E-state index contributed by atoms with van der Waals surface area (Å²) < 4.78 is 0. The number of aromatic nitrogens is 1. The maximum atomic E-state index is 4.52.